The van der Waals surface area contributed by atoms with Gasteiger partial charge in [-0.25, -0.2) is 19.9 Å². The van der Waals surface area contributed by atoms with Gasteiger partial charge in [-0.1, -0.05) is 224 Å². The van der Waals surface area contributed by atoms with E-state index in [0.29, 0.717) is 0 Å². The summed E-state index contributed by atoms with van der Waals surface area (Å²) in [5, 5.41) is 17.3. The third-order valence-electron chi connectivity index (χ3n) is 19.9. The van der Waals surface area contributed by atoms with Crippen molar-refractivity contribution < 1.29 is 0 Å². The molecule has 0 fully saturated rings. The van der Waals surface area contributed by atoms with Crippen molar-refractivity contribution in [2.45, 2.75) is 0 Å². The van der Waals surface area contributed by atoms with Crippen LogP contribution in [0.3, 0.4) is 0 Å². The first-order valence-corrected chi connectivity index (χ1v) is 34.6. The fourth-order valence-electron chi connectivity index (χ4n) is 15.3. The standard InChI is InChI=1S/C50H30N4S.C38H22N4S/c1-2-11-32(12-3-1)50-52-43-19-8-5-17-39(43)47(53-50)31-23-21-30(22-24-31)33-13-10-14-34(27-33)54-44-20-9-6-16-36(44)40-28-41-38-26-25-37-35-15-4-7-18-42(35)51-48(37)49(38)55-46(41)29-45(40)54;1-2-10-22(11-3-1)37-40-31-16-8-5-14-27(31)38(41-37)42-32-17-9-6-13-24(32)28-20-29-26-19-18-25-23-12-4-7-15-30(23)39-35(25)36(26)43-34(29)21-33(28)42/h1-29,51H;1-21,39H. The van der Waals surface area contributed by atoms with Crippen LogP contribution in [0.2, 0.25) is 0 Å². The second-order valence-corrected chi connectivity index (χ2v) is 27.5. The van der Waals surface area contributed by atoms with E-state index in [1.807, 2.05) is 71.2 Å². The lowest BCUT2D eigenvalue weighted by Crippen LogP contribution is -2.02. The summed E-state index contributed by atoms with van der Waals surface area (Å²) in [6.45, 7) is 0. The molecule has 2 N–H and O–H groups in total. The lowest BCUT2D eigenvalue weighted by Gasteiger charge is -2.12. The molecule has 0 aliphatic rings. The molecule has 22 rings (SSSR count). The van der Waals surface area contributed by atoms with Crippen LogP contribution in [0, 0.1) is 0 Å². The van der Waals surface area contributed by atoms with Crippen molar-refractivity contribution in [2.75, 3.05) is 0 Å². The number of hydrogen-bond acceptors (Lipinski definition) is 6. The summed E-state index contributed by atoms with van der Waals surface area (Å²) in [5.74, 6) is 2.36. The molecule has 0 unspecified atom stereocenters. The molecular weight excluding hydrogens is 1230 g/mol. The number of aromatic nitrogens is 8. The van der Waals surface area contributed by atoms with Crippen molar-refractivity contribution in [2.24, 2.45) is 0 Å². The molecule has 0 saturated carbocycles. The quantitative estimate of drug-likeness (QED) is 0.173. The molecule has 0 aliphatic heterocycles. The van der Waals surface area contributed by atoms with Gasteiger partial charge in [0.25, 0.3) is 0 Å². The molecule has 14 aromatic carbocycles. The minimum atomic E-state index is 0.726. The van der Waals surface area contributed by atoms with Crippen molar-refractivity contribution in [3.63, 3.8) is 0 Å². The molecule has 0 spiro atoms. The van der Waals surface area contributed by atoms with Crippen molar-refractivity contribution in [1.82, 2.24) is 39.0 Å². The van der Waals surface area contributed by atoms with Gasteiger partial charge in [0.05, 0.1) is 59.2 Å². The van der Waals surface area contributed by atoms with Gasteiger partial charge in [0.2, 0.25) is 0 Å². The number of nitrogens with one attached hydrogen (secondary N) is 2. The van der Waals surface area contributed by atoms with Crippen molar-refractivity contribution in [3.8, 4) is 56.7 Å². The summed E-state index contributed by atoms with van der Waals surface area (Å²) in [5.41, 5.74) is 18.8. The van der Waals surface area contributed by atoms with Crippen molar-refractivity contribution >= 4 is 172 Å². The normalized spacial score (nSPS) is 12.1. The molecule has 0 bridgehead atoms. The first-order valence-electron chi connectivity index (χ1n) is 33.0. The molecule has 0 aliphatic carbocycles. The number of aromatic amines is 2. The molecule has 0 radical (unpaired) electrons. The van der Waals surface area contributed by atoms with E-state index in [9.17, 15) is 0 Å². The number of nitrogens with zero attached hydrogens (tertiary/aromatic N) is 6. The van der Waals surface area contributed by atoms with E-state index in [1.165, 1.54) is 117 Å². The van der Waals surface area contributed by atoms with Crippen LogP contribution in [0.15, 0.2) is 303 Å². The molecule has 0 saturated heterocycles. The number of fused-ring (bicyclic) bond motifs is 22. The van der Waals surface area contributed by atoms with Gasteiger partial charge in [0.1, 0.15) is 5.82 Å². The van der Waals surface area contributed by atoms with Gasteiger partial charge in [0.15, 0.2) is 11.6 Å². The van der Waals surface area contributed by atoms with E-state index in [4.69, 9.17) is 19.9 Å². The smallest absolute Gasteiger partial charge is 0.162 e. The molecule has 8 nitrogen and oxygen atoms in total. The Hall–Kier alpha value is -12.6. The highest BCUT2D eigenvalue weighted by Crippen LogP contribution is 2.47. The van der Waals surface area contributed by atoms with Gasteiger partial charge >= 0.3 is 0 Å². The topological polar surface area (TPSA) is 93.0 Å². The molecule has 8 heterocycles. The Balaban J connectivity index is 0.000000133. The van der Waals surface area contributed by atoms with Crippen LogP contribution in [0.25, 0.3) is 206 Å². The fourth-order valence-corrected chi connectivity index (χ4v) is 17.8. The maximum atomic E-state index is 5.25. The van der Waals surface area contributed by atoms with Crippen molar-refractivity contribution in [3.05, 3.63) is 303 Å². The van der Waals surface area contributed by atoms with Gasteiger partial charge in [-0.05, 0) is 90.0 Å². The fraction of sp³-hybridized carbons (Fsp3) is 0. The van der Waals surface area contributed by atoms with E-state index >= 15 is 0 Å². The van der Waals surface area contributed by atoms with Gasteiger partial charge < -0.3 is 14.5 Å². The van der Waals surface area contributed by atoms with Gasteiger partial charge in [0, 0.05) is 118 Å². The largest absolute Gasteiger partial charge is 0.353 e. The van der Waals surface area contributed by atoms with E-state index < -0.39 is 0 Å². The summed E-state index contributed by atoms with van der Waals surface area (Å²) >= 11 is 3.74. The van der Waals surface area contributed by atoms with Crippen LogP contribution in [0.4, 0.5) is 0 Å². The van der Waals surface area contributed by atoms with Crippen LogP contribution in [-0.4, -0.2) is 39.0 Å². The van der Waals surface area contributed by atoms with Gasteiger partial charge in [-0.15, -0.1) is 22.7 Å². The molecule has 98 heavy (non-hydrogen) atoms. The summed E-state index contributed by atoms with van der Waals surface area (Å²) < 4.78 is 9.93. The van der Waals surface area contributed by atoms with E-state index in [2.05, 4.69) is 274 Å². The highest BCUT2D eigenvalue weighted by molar-refractivity contribution is 7.27. The predicted octanol–water partition coefficient (Wildman–Crippen LogP) is 24.1. The molecule has 456 valence electrons. The number of rotatable bonds is 6. The second kappa shape index (κ2) is 21.5. The van der Waals surface area contributed by atoms with Crippen LogP contribution < -0.4 is 0 Å². The van der Waals surface area contributed by atoms with Crippen LogP contribution in [-0.2, 0) is 0 Å². The number of hydrogen-bond donors (Lipinski definition) is 2. The lowest BCUT2D eigenvalue weighted by molar-refractivity contribution is 1.08. The van der Waals surface area contributed by atoms with Crippen LogP contribution >= 0.6 is 22.7 Å². The predicted molar refractivity (Wildman–Crippen MR) is 414 cm³/mol. The Bertz CT molecular complexity index is 7050. The van der Waals surface area contributed by atoms with E-state index in [-0.39, 0.29) is 0 Å². The minimum Gasteiger partial charge on any atom is -0.353 e. The molecule has 10 heteroatoms. The summed E-state index contributed by atoms with van der Waals surface area (Å²) in [4.78, 5) is 27.7. The second-order valence-electron chi connectivity index (χ2n) is 25.4. The zero-order chi connectivity index (χ0) is 64.1. The maximum absolute atomic E-state index is 5.25. The first kappa shape index (κ1) is 54.8. The highest BCUT2D eigenvalue weighted by Gasteiger charge is 2.23. The molecule has 22 aromatic rings. The van der Waals surface area contributed by atoms with E-state index in [0.717, 1.165) is 89.5 Å². The maximum Gasteiger partial charge on any atom is 0.162 e. The molecule has 0 amide bonds. The minimum absolute atomic E-state index is 0.726. The van der Waals surface area contributed by atoms with Crippen LogP contribution in [0.1, 0.15) is 0 Å². The number of thiophene rings is 2. The molecular formula is C88H52N8S2. The lowest BCUT2D eigenvalue weighted by atomic mass is 10.0. The van der Waals surface area contributed by atoms with Gasteiger partial charge in [-0.3, -0.25) is 4.57 Å². The van der Waals surface area contributed by atoms with E-state index in [1.54, 1.807) is 0 Å². The van der Waals surface area contributed by atoms with Gasteiger partial charge in [-0.2, -0.15) is 0 Å². The average Bonchev–Trinajstić information content (AvgIpc) is 1.56. The SMILES string of the molecule is c1ccc(-c2nc(-c3ccc(-c4cccc(-n5c6ccccc6c6cc7c(cc65)sc5c7ccc6c7ccccc7[nH]c65)c4)cc3)c3ccccc3n2)cc1.c1ccc(-c2nc(-n3c4ccccc4c4cc5c(cc43)sc3c5ccc4c5ccccc5[nH]c43)c3ccccc3n2)cc1. The Morgan fingerprint density at radius 1 is 0.255 bits per heavy atom. The van der Waals surface area contributed by atoms with Crippen LogP contribution in [0.5, 0.6) is 0 Å². The third kappa shape index (κ3) is 8.42. The Morgan fingerprint density at radius 3 is 1.30 bits per heavy atom. The third-order valence-corrected chi connectivity index (χ3v) is 22.3. The number of H-pyrrole nitrogens is 2. The zero-order valence-corrected chi connectivity index (χ0v) is 54.0. The van der Waals surface area contributed by atoms with Crippen molar-refractivity contribution in [1.29, 1.82) is 0 Å². The summed E-state index contributed by atoms with van der Waals surface area (Å²) in [6, 6.07) is 108. The summed E-state index contributed by atoms with van der Waals surface area (Å²) in [7, 11) is 0. The summed E-state index contributed by atoms with van der Waals surface area (Å²) in [6.07, 6.45) is 0. The highest BCUT2D eigenvalue weighted by atomic mass is 32.1. The molecule has 8 aromatic heterocycles. The number of benzene rings is 14. The Kier molecular flexibility index (Phi) is 12.0. The average molecular weight is 1290 g/mol. The zero-order valence-electron chi connectivity index (χ0n) is 52.4. The monoisotopic (exact) mass is 1280 g/mol. The Morgan fingerprint density at radius 2 is 0.704 bits per heavy atom. The number of para-hydroxylation sites is 6. The first-order chi connectivity index (χ1) is 48.6. The Labute approximate surface area is 567 Å². The molecule has 0 atom stereocenters.